The van der Waals surface area contributed by atoms with E-state index in [1.54, 1.807) is 0 Å². The van der Waals surface area contributed by atoms with E-state index in [1.807, 2.05) is 0 Å². The van der Waals surface area contributed by atoms with Gasteiger partial charge < -0.3 is 16.0 Å². The first kappa shape index (κ1) is 15.5. The summed E-state index contributed by atoms with van der Waals surface area (Å²) in [4.78, 5) is 22.0. The van der Waals surface area contributed by atoms with E-state index in [0.29, 0.717) is 25.6 Å². The number of nitrogens with one attached hydrogen (secondary N) is 3. The number of hydrogen-bond donors (Lipinski definition) is 3. The minimum atomic E-state index is -0.232. The van der Waals surface area contributed by atoms with E-state index in [4.69, 9.17) is 0 Å². The van der Waals surface area contributed by atoms with Crippen LogP contribution in [0.5, 0.6) is 0 Å². The molecule has 0 saturated heterocycles. The summed E-state index contributed by atoms with van der Waals surface area (Å²) in [5.74, 6) is 0.429. The number of hydrogen-bond acceptors (Lipinski definition) is 2. The largest absolute Gasteiger partial charge is 0.351 e. The lowest BCUT2D eigenvalue weighted by molar-refractivity contribution is -0.116. The SMILES string of the molecule is C=CC(=O)NCCNC(=O)NCCCC(C)C. The van der Waals surface area contributed by atoms with E-state index < -0.39 is 0 Å². The third kappa shape index (κ3) is 10.8. The monoisotopic (exact) mass is 241 g/mol. The molecule has 0 aromatic rings. The van der Waals surface area contributed by atoms with Gasteiger partial charge in [0.05, 0.1) is 0 Å². The van der Waals surface area contributed by atoms with Crippen LogP contribution in [0.2, 0.25) is 0 Å². The Kier molecular flexibility index (Phi) is 8.82. The van der Waals surface area contributed by atoms with Gasteiger partial charge in [0.1, 0.15) is 0 Å². The van der Waals surface area contributed by atoms with Gasteiger partial charge in [-0.3, -0.25) is 4.79 Å². The lowest BCUT2D eigenvalue weighted by Crippen LogP contribution is -2.40. The Morgan fingerprint density at radius 1 is 1.12 bits per heavy atom. The number of carbonyl (C=O) groups is 2. The number of carbonyl (C=O) groups excluding carboxylic acids is 2. The van der Waals surface area contributed by atoms with Crippen LogP contribution in [-0.4, -0.2) is 31.6 Å². The quantitative estimate of drug-likeness (QED) is 0.439. The molecule has 0 aliphatic heterocycles. The Labute approximate surface area is 103 Å². The third-order valence-corrected chi connectivity index (χ3v) is 2.14. The Hall–Kier alpha value is -1.52. The van der Waals surface area contributed by atoms with Crippen molar-refractivity contribution in [3.05, 3.63) is 12.7 Å². The molecule has 0 aromatic carbocycles. The van der Waals surface area contributed by atoms with Crippen LogP contribution in [0.1, 0.15) is 26.7 Å². The Morgan fingerprint density at radius 2 is 1.71 bits per heavy atom. The van der Waals surface area contributed by atoms with Crippen molar-refractivity contribution in [2.45, 2.75) is 26.7 Å². The van der Waals surface area contributed by atoms with E-state index in [1.165, 1.54) is 6.08 Å². The normalized spacial score (nSPS) is 9.82. The molecule has 0 unspecified atom stereocenters. The van der Waals surface area contributed by atoms with Gasteiger partial charge >= 0.3 is 6.03 Å². The maximum atomic E-state index is 11.2. The molecule has 17 heavy (non-hydrogen) atoms. The van der Waals surface area contributed by atoms with Crippen LogP contribution >= 0.6 is 0 Å². The predicted octanol–water partition coefficient (Wildman–Crippen LogP) is 1.02. The summed E-state index contributed by atoms with van der Waals surface area (Å²) in [6, 6.07) is -0.193. The molecule has 3 amide bonds. The molecule has 0 aliphatic carbocycles. The van der Waals surface area contributed by atoms with Gasteiger partial charge in [0.15, 0.2) is 0 Å². The van der Waals surface area contributed by atoms with E-state index in [-0.39, 0.29) is 11.9 Å². The molecule has 0 aliphatic rings. The summed E-state index contributed by atoms with van der Waals surface area (Å²) in [7, 11) is 0. The maximum absolute atomic E-state index is 11.2. The van der Waals surface area contributed by atoms with Crippen LogP contribution in [0.25, 0.3) is 0 Å². The molecule has 0 radical (unpaired) electrons. The number of urea groups is 1. The third-order valence-electron chi connectivity index (χ3n) is 2.14. The zero-order valence-electron chi connectivity index (χ0n) is 10.7. The summed E-state index contributed by atoms with van der Waals surface area (Å²) >= 11 is 0. The van der Waals surface area contributed by atoms with E-state index in [9.17, 15) is 9.59 Å². The average molecular weight is 241 g/mol. The standard InChI is InChI=1S/C12H23N3O2/c1-4-11(16)13-8-9-15-12(17)14-7-5-6-10(2)3/h4,10H,1,5-9H2,2-3H3,(H,13,16)(H2,14,15,17). The first-order valence-electron chi connectivity index (χ1n) is 5.98. The van der Waals surface area contributed by atoms with Crippen molar-refractivity contribution in [3.8, 4) is 0 Å². The van der Waals surface area contributed by atoms with E-state index in [0.717, 1.165) is 12.8 Å². The minimum Gasteiger partial charge on any atom is -0.351 e. The molecule has 0 atom stereocenters. The molecule has 0 rings (SSSR count). The molecule has 0 heterocycles. The van der Waals surface area contributed by atoms with Gasteiger partial charge in [-0.2, -0.15) is 0 Å². The predicted molar refractivity (Wildman–Crippen MR) is 68.7 cm³/mol. The van der Waals surface area contributed by atoms with Crippen molar-refractivity contribution in [1.29, 1.82) is 0 Å². The first-order chi connectivity index (χ1) is 8.06. The molecule has 0 saturated carbocycles. The minimum absolute atomic E-state index is 0.193. The Balaban J connectivity index is 3.35. The van der Waals surface area contributed by atoms with E-state index >= 15 is 0 Å². The second kappa shape index (κ2) is 9.69. The molecule has 5 nitrogen and oxygen atoms in total. The molecule has 0 fully saturated rings. The molecular formula is C12H23N3O2. The zero-order valence-corrected chi connectivity index (χ0v) is 10.7. The number of rotatable bonds is 8. The van der Waals surface area contributed by atoms with Gasteiger partial charge in [0.25, 0.3) is 0 Å². The van der Waals surface area contributed by atoms with Crippen LogP contribution in [0, 0.1) is 5.92 Å². The first-order valence-corrected chi connectivity index (χ1v) is 5.98. The van der Waals surface area contributed by atoms with Crippen molar-refractivity contribution in [2.24, 2.45) is 5.92 Å². The fourth-order valence-corrected chi connectivity index (χ4v) is 1.21. The van der Waals surface area contributed by atoms with Crippen molar-refractivity contribution in [2.75, 3.05) is 19.6 Å². The molecule has 0 bridgehead atoms. The van der Waals surface area contributed by atoms with Gasteiger partial charge in [0, 0.05) is 19.6 Å². The summed E-state index contributed by atoms with van der Waals surface area (Å²) in [6.07, 6.45) is 3.29. The van der Waals surface area contributed by atoms with Crippen molar-refractivity contribution in [3.63, 3.8) is 0 Å². The van der Waals surface area contributed by atoms with Crippen molar-refractivity contribution in [1.82, 2.24) is 16.0 Å². The highest BCUT2D eigenvalue weighted by Crippen LogP contribution is 2.01. The average Bonchev–Trinajstić information content (AvgIpc) is 2.29. The van der Waals surface area contributed by atoms with Gasteiger partial charge in [0.2, 0.25) is 5.91 Å². The molecule has 0 spiro atoms. The van der Waals surface area contributed by atoms with Crippen molar-refractivity contribution >= 4 is 11.9 Å². The molecule has 98 valence electrons. The fraction of sp³-hybridized carbons (Fsp3) is 0.667. The summed E-state index contributed by atoms with van der Waals surface area (Å²) in [6.45, 7) is 9.14. The number of amides is 3. The van der Waals surface area contributed by atoms with Gasteiger partial charge in [-0.05, 0) is 24.8 Å². The van der Waals surface area contributed by atoms with Crippen molar-refractivity contribution < 1.29 is 9.59 Å². The van der Waals surface area contributed by atoms with Crippen LogP contribution in [-0.2, 0) is 4.79 Å². The topological polar surface area (TPSA) is 70.2 Å². The lowest BCUT2D eigenvalue weighted by Gasteiger charge is -2.08. The van der Waals surface area contributed by atoms with Gasteiger partial charge in [-0.15, -0.1) is 0 Å². The van der Waals surface area contributed by atoms with Gasteiger partial charge in [-0.1, -0.05) is 20.4 Å². The highest BCUT2D eigenvalue weighted by Gasteiger charge is 1.99. The smallest absolute Gasteiger partial charge is 0.314 e. The second-order valence-electron chi connectivity index (χ2n) is 4.21. The molecule has 0 aromatic heterocycles. The molecule has 5 heteroatoms. The Bertz CT molecular complexity index is 252. The highest BCUT2D eigenvalue weighted by molar-refractivity contribution is 5.86. The Morgan fingerprint density at radius 3 is 2.29 bits per heavy atom. The molecule has 3 N–H and O–H groups in total. The van der Waals surface area contributed by atoms with E-state index in [2.05, 4.69) is 36.4 Å². The van der Waals surface area contributed by atoms with Gasteiger partial charge in [-0.25, -0.2) is 4.79 Å². The summed E-state index contributed by atoms with van der Waals surface area (Å²) in [5, 5.41) is 7.98. The highest BCUT2D eigenvalue weighted by atomic mass is 16.2. The summed E-state index contributed by atoms with van der Waals surface area (Å²) in [5.41, 5.74) is 0. The summed E-state index contributed by atoms with van der Waals surface area (Å²) < 4.78 is 0. The van der Waals surface area contributed by atoms with Crippen LogP contribution in [0.15, 0.2) is 12.7 Å². The van der Waals surface area contributed by atoms with Crippen LogP contribution in [0.3, 0.4) is 0 Å². The van der Waals surface area contributed by atoms with Crippen LogP contribution < -0.4 is 16.0 Å². The second-order valence-corrected chi connectivity index (χ2v) is 4.21. The zero-order chi connectivity index (χ0) is 13.1. The van der Waals surface area contributed by atoms with Crippen LogP contribution in [0.4, 0.5) is 4.79 Å². The fourth-order valence-electron chi connectivity index (χ4n) is 1.21. The maximum Gasteiger partial charge on any atom is 0.314 e. The lowest BCUT2D eigenvalue weighted by atomic mass is 10.1. The molecular weight excluding hydrogens is 218 g/mol.